The van der Waals surface area contributed by atoms with Gasteiger partial charge in [-0.3, -0.25) is 4.79 Å². The number of aliphatic imine (C=N–C) groups is 1. The van der Waals surface area contributed by atoms with Crippen molar-refractivity contribution in [1.29, 1.82) is 0 Å². The quantitative estimate of drug-likeness (QED) is 0.722. The van der Waals surface area contributed by atoms with Gasteiger partial charge in [0, 0.05) is 28.7 Å². The number of hydrogen-bond acceptors (Lipinski definition) is 3. The number of rotatable bonds is 5. The summed E-state index contributed by atoms with van der Waals surface area (Å²) in [6, 6.07) is 15.4. The highest BCUT2D eigenvalue weighted by Gasteiger charge is 2.25. The molecule has 1 aliphatic heterocycles. The Bertz CT molecular complexity index is 966. The Hall–Kier alpha value is -2.79. The summed E-state index contributed by atoms with van der Waals surface area (Å²) in [6.45, 7) is 0.893. The van der Waals surface area contributed by atoms with Gasteiger partial charge in [-0.05, 0) is 35.7 Å². The molecule has 6 heteroatoms. The maximum absolute atomic E-state index is 12.3. The average molecular weight is 368 g/mol. The number of ether oxygens (including phenoxy) is 1. The van der Waals surface area contributed by atoms with E-state index in [4.69, 9.17) is 16.3 Å². The Morgan fingerprint density at radius 2 is 2.12 bits per heavy atom. The highest BCUT2D eigenvalue weighted by molar-refractivity contribution is 6.35. The van der Waals surface area contributed by atoms with Crippen molar-refractivity contribution in [3.05, 3.63) is 70.9 Å². The summed E-state index contributed by atoms with van der Waals surface area (Å²) < 4.78 is 5.47. The van der Waals surface area contributed by atoms with E-state index in [0.717, 1.165) is 22.0 Å². The van der Waals surface area contributed by atoms with E-state index < -0.39 is 0 Å². The van der Waals surface area contributed by atoms with Crippen molar-refractivity contribution in [1.82, 2.24) is 10.3 Å². The van der Waals surface area contributed by atoms with E-state index in [9.17, 15) is 4.79 Å². The number of carbonyl (C=O) groups excluding carboxylic acids is 1. The summed E-state index contributed by atoms with van der Waals surface area (Å²) in [4.78, 5) is 19.9. The normalized spacial score (nSPS) is 16.3. The van der Waals surface area contributed by atoms with Crippen LogP contribution in [0.3, 0.4) is 0 Å². The van der Waals surface area contributed by atoms with Gasteiger partial charge in [-0.1, -0.05) is 41.9 Å². The average Bonchev–Trinajstić information content (AvgIpc) is 3.30. The first-order valence-electron chi connectivity index (χ1n) is 8.50. The number of H-pyrrole nitrogens is 1. The molecule has 2 aromatic carbocycles. The molecule has 3 aromatic rings. The number of nitrogens with zero attached hydrogens (tertiary/aromatic N) is 1. The topological polar surface area (TPSA) is 66.5 Å². The molecule has 1 unspecified atom stereocenters. The minimum absolute atomic E-state index is 0.118. The lowest BCUT2D eigenvalue weighted by molar-refractivity contribution is -0.116. The third kappa shape index (κ3) is 3.44. The second-order valence-electron chi connectivity index (χ2n) is 6.18. The fourth-order valence-corrected chi connectivity index (χ4v) is 3.26. The lowest BCUT2D eigenvalue weighted by atomic mass is 10.1. The van der Waals surface area contributed by atoms with Crippen LogP contribution in [0.25, 0.3) is 10.9 Å². The van der Waals surface area contributed by atoms with E-state index in [2.05, 4.69) is 15.3 Å². The number of nitrogens with one attached hydrogen (secondary N) is 2. The molecule has 2 N–H and O–H groups in total. The molecule has 0 aliphatic carbocycles. The number of fused-ring (bicyclic) bond motifs is 1. The van der Waals surface area contributed by atoms with Crippen LogP contribution in [0.15, 0.2) is 59.7 Å². The Morgan fingerprint density at radius 1 is 1.27 bits per heavy atom. The largest absolute Gasteiger partial charge is 0.471 e. The molecular formula is C20H18ClN3O2. The number of carbonyl (C=O) groups is 1. The fourth-order valence-electron chi connectivity index (χ4n) is 3.09. The first-order chi connectivity index (χ1) is 12.7. The summed E-state index contributed by atoms with van der Waals surface area (Å²) in [5, 5.41) is 4.64. The van der Waals surface area contributed by atoms with Crippen molar-refractivity contribution in [2.24, 2.45) is 4.99 Å². The monoisotopic (exact) mass is 367 g/mol. The molecule has 5 nitrogen and oxygen atoms in total. The van der Waals surface area contributed by atoms with Gasteiger partial charge in [-0.15, -0.1) is 0 Å². The number of aromatic nitrogens is 1. The molecule has 0 saturated carbocycles. The Balaban J connectivity index is 1.36. The first-order valence-corrected chi connectivity index (χ1v) is 8.88. The second kappa shape index (κ2) is 7.22. The van der Waals surface area contributed by atoms with Crippen molar-refractivity contribution in [2.45, 2.75) is 12.5 Å². The van der Waals surface area contributed by atoms with Crippen molar-refractivity contribution in [2.75, 3.05) is 13.2 Å². The number of aromatic amines is 1. The van der Waals surface area contributed by atoms with Crippen molar-refractivity contribution in [3.63, 3.8) is 0 Å². The van der Waals surface area contributed by atoms with Crippen molar-refractivity contribution >= 4 is 34.3 Å². The van der Waals surface area contributed by atoms with Gasteiger partial charge < -0.3 is 15.0 Å². The van der Waals surface area contributed by atoms with Crippen LogP contribution in [0.5, 0.6) is 0 Å². The fraction of sp³-hybridized carbons (Fsp3) is 0.200. The molecule has 1 aliphatic rings. The van der Waals surface area contributed by atoms with Crippen LogP contribution in [-0.2, 0) is 16.0 Å². The predicted octanol–water partition coefficient (Wildman–Crippen LogP) is 3.65. The molecule has 26 heavy (non-hydrogen) atoms. The van der Waals surface area contributed by atoms with E-state index in [1.165, 1.54) is 0 Å². The summed E-state index contributed by atoms with van der Waals surface area (Å²) in [6.07, 6.45) is 2.64. The zero-order chi connectivity index (χ0) is 17.9. The van der Waals surface area contributed by atoms with Crippen LogP contribution >= 0.6 is 11.6 Å². The maximum atomic E-state index is 12.3. The summed E-state index contributed by atoms with van der Waals surface area (Å²) in [5.74, 6) is -0.123. The van der Waals surface area contributed by atoms with Crippen molar-refractivity contribution in [3.8, 4) is 0 Å². The van der Waals surface area contributed by atoms with E-state index in [0.29, 0.717) is 24.6 Å². The molecule has 0 saturated heterocycles. The van der Waals surface area contributed by atoms with Gasteiger partial charge in [-0.25, -0.2) is 4.99 Å². The first kappa shape index (κ1) is 16.7. The zero-order valence-corrected chi connectivity index (χ0v) is 14.8. The third-order valence-electron chi connectivity index (χ3n) is 4.44. The molecule has 0 bridgehead atoms. The van der Waals surface area contributed by atoms with Gasteiger partial charge in [0.15, 0.2) is 0 Å². The summed E-state index contributed by atoms with van der Waals surface area (Å²) >= 11 is 6.07. The Morgan fingerprint density at radius 3 is 2.96 bits per heavy atom. The molecule has 1 atom stereocenters. The highest BCUT2D eigenvalue weighted by atomic mass is 35.5. The minimum atomic E-state index is -0.277. The third-order valence-corrected chi connectivity index (χ3v) is 4.67. The second-order valence-corrected chi connectivity index (χ2v) is 6.62. The van der Waals surface area contributed by atoms with E-state index in [1.807, 2.05) is 54.7 Å². The van der Waals surface area contributed by atoms with Gasteiger partial charge >= 0.3 is 5.91 Å². The van der Waals surface area contributed by atoms with Crippen LogP contribution in [0, 0.1) is 0 Å². The molecule has 1 aromatic heterocycles. The highest BCUT2D eigenvalue weighted by Crippen LogP contribution is 2.23. The summed E-state index contributed by atoms with van der Waals surface area (Å²) in [7, 11) is 0. The van der Waals surface area contributed by atoms with Gasteiger partial charge in [-0.2, -0.15) is 0 Å². The minimum Gasteiger partial charge on any atom is -0.471 e. The summed E-state index contributed by atoms with van der Waals surface area (Å²) in [5.41, 5.74) is 3.19. The van der Waals surface area contributed by atoms with Crippen molar-refractivity contribution < 1.29 is 9.53 Å². The number of amides is 1. The smallest absolute Gasteiger partial charge is 0.306 e. The van der Waals surface area contributed by atoms with Crippen LogP contribution in [0.4, 0.5) is 0 Å². The van der Waals surface area contributed by atoms with Gasteiger partial charge in [0.1, 0.15) is 12.6 Å². The molecule has 0 radical (unpaired) electrons. The van der Waals surface area contributed by atoms with Gasteiger partial charge in [0.2, 0.25) is 0 Å². The van der Waals surface area contributed by atoms with E-state index in [1.54, 1.807) is 0 Å². The number of benzene rings is 2. The van der Waals surface area contributed by atoms with Gasteiger partial charge in [0.05, 0.1) is 0 Å². The van der Waals surface area contributed by atoms with Gasteiger partial charge in [0.25, 0.3) is 5.90 Å². The van der Waals surface area contributed by atoms with Crippen LogP contribution < -0.4 is 5.32 Å². The zero-order valence-electron chi connectivity index (χ0n) is 14.0. The number of hydrogen-bond donors (Lipinski definition) is 2. The maximum Gasteiger partial charge on any atom is 0.306 e. The van der Waals surface area contributed by atoms with E-state index in [-0.39, 0.29) is 17.8 Å². The Kier molecular flexibility index (Phi) is 4.63. The van der Waals surface area contributed by atoms with Crippen LogP contribution in [0.1, 0.15) is 17.2 Å². The predicted molar refractivity (Wildman–Crippen MR) is 103 cm³/mol. The van der Waals surface area contributed by atoms with Crippen LogP contribution in [-0.4, -0.2) is 29.9 Å². The lowest BCUT2D eigenvalue weighted by Crippen LogP contribution is -2.32. The molecule has 0 fully saturated rings. The number of halogens is 1. The standard InChI is InChI=1S/C20H18ClN3O2/c21-15-6-7-17-16(10-15)14(11-23-17)8-9-22-19(25)20-24-18(12-26-20)13-4-2-1-3-5-13/h1-7,10-11,18,23H,8-9,12H2,(H,22,25). The van der Waals surface area contributed by atoms with Crippen LogP contribution in [0.2, 0.25) is 5.02 Å². The van der Waals surface area contributed by atoms with E-state index >= 15 is 0 Å². The molecule has 132 valence electrons. The SMILES string of the molecule is O=C(NCCc1c[nH]c2ccc(Cl)cc12)C1=NC(c2ccccc2)CO1. The Labute approximate surface area is 156 Å². The molecule has 2 heterocycles. The molecule has 4 rings (SSSR count). The molecular weight excluding hydrogens is 350 g/mol. The molecule has 0 spiro atoms. The molecule has 1 amide bonds. The lowest BCUT2D eigenvalue weighted by Gasteiger charge is -2.04.